The van der Waals surface area contributed by atoms with Gasteiger partial charge >= 0.3 is 0 Å². The van der Waals surface area contributed by atoms with E-state index in [9.17, 15) is 4.79 Å². The Morgan fingerprint density at radius 3 is 2.54 bits per heavy atom. The van der Waals surface area contributed by atoms with E-state index in [2.05, 4.69) is 5.16 Å². The van der Waals surface area contributed by atoms with Crippen LogP contribution in [0.1, 0.15) is 22.6 Å². The van der Waals surface area contributed by atoms with Crippen LogP contribution in [-0.4, -0.2) is 42.3 Å². The monoisotopic (exact) mass is 330 g/mol. The van der Waals surface area contributed by atoms with Crippen molar-refractivity contribution in [3.05, 3.63) is 46.8 Å². The second-order valence-corrected chi connectivity index (χ2v) is 5.91. The summed E-state index contributed by atoms with van der Waals surface area (Å²) in [4.78, 5) is 14.1. The van der Waals surface area contributed by atoms with Gasteiger partial charge in [0.25, 0.3) is 0 Å². The van der Waals surface area contributed by atoms with E-state index in [1.54, 1.807) is 0 Å². The van der Waals surface area contributed by atoms with Gasteiger partial charge in [-0.3, -0.25) is 4.79 Å². The first-order chi connectivity index (χ1) is 11.6. The van der Waals surface area contributed by atoms with Gasteiger partial charge in [0.2, 0.25) is 5.91 Å². The molecular formula is C18H22N2O4. The van der Waals surface area contributed by atoms with Crippen LogP contribution in [0.15, 0.2) is 28.8 Å². The van der Waals surface area contributed by atoms with Crippen molar-refractivity contribution in [1.82, 2.24) is 10.1 Å². The molecular weight excluding hydrogens is 308 g/mol. The third-order valence-electron chi connectivity index (χ3n) is 4.21. The molecule has 0 atom stereocenters. The normalized spacial score (nSPS) is 14.7. The van der Waals surface area contributed by atoms with Gasteiger partial charge in [-0.25, -0.2) is 0 Å². The van der Waals surface area contributed by atoms with Crippen LogP contribution in [0.2, 0.25) is 0 Å². The predicted molar refractivity (Wildman–Crippen MR) is 87.9 cm³/mol. The van der Waals surface area contributed by atoms with Crippen LogP contribution in [0.5, 0.6) is 5.75 Å². The van der Waals surface area contributed by atoms with E-state index in [4.69, 9.17) is 14.0 Å². The Hall–Kier alpha value is -2.34. The zero-order valence-electron chi connectivity index (χ0n) is 14.1. The van der Waals surface area contributed by atoms with Gasteiger partial charge < -0.3 is 18.9 Å². The van der Waals surface area contributed by atoms with Gasteiger partial charge in [-0.2, -0.15) is 0 Å². The number of morpholine rings is 1. The third-order valence-corrected chi connectivity index (χ3v) is 4.21. The summed E-state index contributed by atoms with van der Waals surface area (Å²) < 4.78 is 16.2. The average molecular weight is 330 g/mol. The van der Waals surface area contributed by atoms with Gasteiger partial charge in [0.15, 0.2) is 0 Å². The van der Waals surface area contributed by atoms with Crippen LogP contribution in [0.25, 0.3) is 0 Å². The molecule has 128 valence electrons. The highest BCUT2D eigenvalue weighted by Gasteiger charge is 2.17. The van der Waals surface area contributed by atoms with E-state index in [1.807, 2.05) is 43.0 Å². The number of nitrogens with zero attached hydrogens (tertiary/aromatic N) is 2. The van der Waals surface area contributed by atoms with Crippen molar-refractivity contribution in [2.24, 2.45) is 0 Å². The zero-order chi connectivity index (χ0) is 16.9. The number of carbonyl (C=O) groups excluding carboxylic acids is 1. The fourth-order valence-electron chi connectivity index (χ4n) is 2.67. The number of amides is 1. The van der Waals surface area contributed by atoms with Crippen LogP contribution in [0.4, 0.5) is 0 Å². The lowest BCUT2D eigenvalue weighted by molar-refractivity contribution is -0.134. The van der Waals surface area contributed by atoms with Gasteiger partial charge in [0.1, 0.15) is 18.1 Å². The highest BCUT2D eigenvalue weighted by molar-refractivity contribution is 5.78. The van der Waals surface area contributed by atoms with Crippen molar-refractivity contribution in [2.45, 2.75) is 26.9 Å². The minimum atomic E-state index is 0.141. The number of carbonyl (C=O) groups is 1. The largest absolute Gasteiger partial charge is 0.489 e. The summed E-state index contributed by atoms with van der Waals surface area (Å²) in [6.07, 6.45) is 0.407. The number of aromatic nitrogens is 1. The first-order valence-electron chi connectivity index (χ1n) is 8.12. The lowest BCUT2D eigenvalue weighted by Gasteiger charge is -2.26. The number of ether oxygens (including phenoxy) is 2. The first-order valence-corrected chi connectivity index (χ1v) is 8.12. The Morgan fingerprint density at radius 2 is 1.92 bits per heavy atom. The van der Waals surface area contributed by atoms with Gasteiger partial charge in [0, 0.05) is 13.1 Å². The molecule has 0 aliphatic carbocycles. The van der Waals surface area contributed by atoms with E-state index in [0.29, 0.717) is 39.3 Å². The molecule has 1 aromatic carbocycles. The lowest BCUT2D eigenvalue weighted by Crippen LogP contribution is -2.41. The summed E-state index contributed by atoms with van der Waals surface area (Å²) in [5.74, 6) is 1.68. The smallest absolute Gasteiger partial charge is 0.227 e. The summed E-state index contributed by atoms with van der Waals surface area (Å²) in [6.45, 7) is 6.80. The molecule has 2 heterocycles. The first kappa shape index (κ1) is 16.5. The molecule has 0 radical (unpaired) electrons. The van der Waals surface area contributed by atoms with Gasteiger partial charge in [-0.15, -0.1) is 0 Å². The van der Waals surface area contributed by atoms with E-state index in [0.717, 1.165) is 28.3 Å². The fraction of sp³-hybridized carbons (Fsp3) is 0.444. The summed E-state index contributed by atoms with van der Waals surface area (Å²) in [5, 5.41) is 3.91. The predicted octanol–water partition coefficient (Wildman–Crippen LogP) is 2.27. The molecule has 1 aliphatic rings. The summed E-state index contributed by atoms with van der Waals surface area (Å²) in [5.41, 5.74) is 2.80. The number of rotatable bonds is 5. The SMILES string of the molecule is Cc1noc(C)c1COc1ccc(CC(=O)N2CCOCC2)cc1. The fourth-order valence-corrected chi connectivity index (χ4v) is 2.67. The highest BCUT2D eigenvalue weighted by atomic mass is 16.5. The molecule has 0 N–H and O–H groups in total. The van der Waals surface area contributed by atoms with Crippen molar-refractivity contribution in [3.8, 4) is 5.75 Å². The molecule has 1 saturated heterocycles. The number of benzene rings is 1. The Labute approximate surface area is 141 Å². The van der Waals surface area contributed by atoms with Gasteiger partial charge in [-0.1, -0.05) is 17.3 Å². The second-order valence-electron chi connectivity index (χ2n) is 5.91. The molecule has 24 heavy (non-hydrogen) atoms. The molecule has 0 saturated carbocycles. The number of hydrogen-bond acceptors (Lipinski definition) is 5. The van der Waals surface area contributed by atoms with Crippen molar-refractivity contribution in [3.63, 3.8) is 0 Å². The Morgan fingerprint density at radius 1 is 1.21 bits per heavy atom. The summed E-state index contributed by atoms with van der Waals surface area (Å²) in [7, 11) is 0. The summed E-state index contributed by atoms with van der Waals surface area (Å²) >= 11 is 0. The Kier molecular flexibility index (Phi) is 5.15. The standard InChI is InChI=1S/C18H22N2O4/c1-13-17(14(2)24-19-13)12-23-16-5-3-15(4-6-16)11-18(21)20-7-9-22-10-8-20/h3-6H,7-12H2,1-2H3. The maximum absolute atomic E-state index is 12.2. The molecule has 1 aromatic heterocycles. The van der Waals surface area contributed by atoms with Crippen LogP contribution in [0.3, 0.4) is 0 Å². The van der Waals surface area contributed by atoms with Crippen LogP contribution in [0, 0.1) is 13.8 Å². The van der Waals surface area contributed by atoms with Crippen LogP contribution in [-0.2, 0) is 22.6 Å². The van der Waals surface area contributed by atoms with Crippen molar-refractivity contribution >= 4 is 5.91 Å². The third kappa shape index (κ3) is 3.94. The summed E-state index contributed by atoms with van der Waals surface area (Å²) in [6, 6.07) is 7.64. The highest BCUT2D eigenvalue weighted by Crippen LogP contribution is 2.18. The molecule has 2 aromatic rings. The molecule has 0 bridgehead atoms. The Balaban J connectivity index is 1.54. The average Bonchev–Trinajstić information content (AvgIpc) is 2.93. The molecule has 0 spiro atoms. The van der Waals surface area contributed by atoms with Crippen LogP contribution < -0.4 is 4.74 Å². The molecule has 0 unspecified atom stereocenters. The zero-order valence-corrected chi connectivity index (χ0v) is 14.1. The molecule has 1 aliphatic heterocycles. The van der Waals surface area contributed by atoms with E-state index < -0.39 is 0 Å². The Bertz CT molecular complexity index is 668. The van der Waals surface area contributed by atoms with Crippen molar-refractivity contribution < 1.29 is 18.8 Å². The minimum Gasteiger partial charge on any atom is -0.489 e. The number of hydrogen-bond donors (Lipinski definition) is 0. The van der Waals surface area contributed by atoms with Crippen molar-refractivity contribution in [1.29, 1.82) is 0 Å². The molecule has 1 amide bonds. The van der Waals surface area contributed by atoms with E-state index in [-0.39, 0.29) is 5.91 Å². The van der Waals surface area contributed by atoms with Crippen LogP contribution >= 0.6 is 0 Å². The quantitative estimate of drug-likeness (QED) is 0.841. The lowest BCUT2D eigenvalue weighted by atomic mass is 10.1. The molecule has 3 rings (SSSR count). The molecule has 6 heteroatoms. The van der Waals surface area contributed by atoms with Crippen molar-refractivity contribution in [2.75, 3.05) is 26.3 Å². The molecule has 1 fully saturated rings. The topological polar surface area (TPSA) is 64.8 Å². The minimum absolute atomic E-state index is 0.141. The second kappa shape index (κ2) is 7.49. The van der Waals surface area contributed by atoms with Gasteiger partial charge in [0.05, 0.1) is 30.9 Å². The van der Waals surface area contributed by atoms with Gasteiger partial charge in [-0.05, 0) is 31.5 Å². The van der Waals surface area contributed by atoms with E-state index in [1.165, 1.54) is 0 Å². The van der Waals surface area contributed by atoms with E-state index >= 15 is 0 Å². The molecule has 6 nitrogen and oxygen atoms in total. The maximum atomic E-state index is 12.2. The maximum Gasteiger partial charge on any atom is 0.227 e. The number of aryl methyl sites for hydroxylation is 2.